The lowest BCUT2D eigenvalue weighted by molar-refractivity contribution is 0.0784. The molecule has 2 aromatic rings. The highest BCUT2D eigenvalue weighted by Crippen LogP contribution is 2.36. The van der Waals surface area contributed by atoms with Gasteiger partial charge in [0.2, 0.25) is 0 Å². The van der Waals surface area contributed by atoms with Gasteiger partial charge in [0.05, 0.1) is 26.4 Å². The summed E-state index contributed by atoms with van der Waals surface area (Å²) in [7, 11) is 0. The maximum atomic E-state index is 13.6. The summed E-state index contributed by atoms with van der Waals surface area (Å²) < 4.78 is 22.8. The van der Waals surface area contributed by atoms with Gasteiger partial charge in [0.25, 0.3) is 0 Å². The monoisotopic (exact) mass is 442 g/mol. The first kappa shape index (κ1) is 25.2. The van der Waals surface area contributed by atoms with Crippen LogP contribution in [-0.4, -0.2) is 38.0 Å². The highest BCUT2D eigenvalue weighted by molar-refractivity contribution is 6.08. The van der Waals surface area contributed by atoms with E-state index in [1.165, 1.54) is 0 Å². The van der Waals surface area contributed by atoms with Gasteiger partial charge in [-0.1, -0.05) is 26.0 Å². The zero-order valence-electron chi connectivity index (χ0n) is 19.9. The molecule has 2 atom stereocenters. The number of ether oxygens (including phenoxy) is 4. The molecule has 0 heterocycles. The molecule has 0 aliphatic rings. The van der Waals surface area contributed by atoms with Crippen molar-refractivity contribution in [3.05, 3.63) is 47.5 Å². The van der Waals surface area contributed by atoms with Crippen LogP contribution < -0.4 is 18.9 Å². The van der Waals surface area contributed by atoms with E-state index in [4.69, 9.17) is 18.9 Å². The molecule has 0 fully saturated rings. The van der Waals surface area contributed by atoms with Gasteiger partial charge >= 0.3 is 0 Å². The Morgan fingerprint density at radius 2 is 0.844 bits per heavy atom. The Morgan fingerprint density at radius 3 is 1.06 bits per heavy atom. The van der Waals surface area contributed by atoms with Crippen LogP contribution in [0.3, 0.4) is 0 Å². The molecular weight excluding hydrogens is 408 g/mol. The van der Waals surface area contributed by atoms with Gasteiger partial charge in [0.15, 0.2) is 11.6 Å². The first-order chi connectivity index (χ1) is 15.4. The van der Waals surface area contributed by atoms with E-state index < -0.39 is 11.8 Å². The van der Waals surface area contributed by atoms with Gasteiger partial charge < -0.3 is 18.9 Å². The minimum absolute atomic E-state index is 0.204. The van der Waals surface area contributed by atoms with E-state index in [-0.39, 0.29) is 11.6 Å². The van der Waals surface area contributed by atoms with Crippen molar-refractivity contribution in [3.63, 3.8) is 0 Å². The third-order valence-electron chi connectivity index (χ3n) is 5.25. The van der Waals surface area contributed by atoms with E-state index in [1.54, 1.807) is 50.2 Å². The third kappa shape index (κ3) is 5.61. The molecule has 0 aliphatic carbocycles. The molecule has 32 heavy (non-hydrogen) atoms. The van der Waals surface area contributed by atoms with Gasteiger partial charge in [0, 0.05) is 11.8 Å². The van der Waals surface area contributed by atoms with Gasteiger partial charge in [-0.15, -0.1) is 0 Å². The summed E-state index contributed by atoms with van der Waals surface area (Å²) in [5.41, 5.74) is 0.734. The normalized spacial score (nSPS) is 12.6. The molecule has 0 saturated heterocycles. The van der Waals surface area contributed by atoms with Crippen molar-refractivity contribution in [2.24, 2.45) is 11.8 Å². The standard InChI is InChI=1S/C26H34O6/c1-7-29-19-13-11-14-20(30-8-2)23(19)25(27)17(5)18(6)26(28)24-21(31-9-3)15-12-16-22(24)32-10-4/h11-18H,7-10H2,1-6H3. The first-order valence-corrected chi connectivity index (χ1v) is 11.3. The second-order valence-electron chi connectivity index (χ2n) is 7.30. The van der Waals surface area contributed by atoms with Crippen LogP contribution in [0.2, 0.25) is 0 Å². The summed E-state index contributed by atoms with van der Waals surface area (Å²) in [6, 6.07) is 10.6. The number of carbonyl (C=O) groups excluding carboxylic acids is 2. The molecule has 174 valence electrons. The molecule has 0 amide bonds. The number of Topliss-reactive ketones (excluding diaryl/α,β-unsaturated/α-hetero) is 2. The predicted molar refractivity (Wildman–Crippen MR) is 125 cm³/mol. The molecule has 2 unspecified atom stereocenters. The van der Waals surface area contributed by atoms with Crippen LogP contribution in [0.1, 0.15) is 62.3 Å². The third-order valence-corrected chi connectivity index (χ3v) is 5.25. The Labute approximate surface area is 190 Å². The summed E-state index contributed by atoms with van der Waals surface area (Å²) in [5.74, 6) is 0.189. The van der Waals surface area contributed by atoms with Gasteiger partial charge in [0.1, 0.15) is 34.1 Å². The molecule has 6 heteroatoms. The van der Waals surface area contributed by atoms with Crippen molar-refractivity contribution in [2.45, 2.75) is 41.5 Å². The lowest BCUT2D eigenvalue weighted by Gasteiger charge is -2.23. The highest BCUT2D eigenvalue weighted by atomic mass is 16.5. The summed E-state index contributed by atoms with van der Waals surface area (Å²) in [5, 5.41) is 0. The zero-order chi connectivity index (χ0) is 23.7. The first-order valence-electron chi connectivity index (χ1n) is 11.3. The Balaban J connectivity index is 2.44. The highest BCUT2D eigenvalue weighted by Gasteiger charge is 2.33. The number of hydrogen-bond donors (Lipinski definition) is 0. The van der Waals surface area contributed by atoms with Crippen LogP contribution in [-0.2, 0) is 0 Å². The molecule has 0 aromatic heterocycles. The van der Waals surface area contributed by atoms with Gasteiger partial charge in [-0.2, -0.15) is 0 Å². The molecule has 2 rings (SSSR count). The average Bonchev–Trinajstić information content (AvgIpc) is 2.78. The number of hydrogen-bond acceptors (Lipinski definition) is 6. The quantitative estimate of drug-likeness (QED) is 0.375. The Morgan fingerprint density at radius 1 is 0.594 bits per heavy atom. The smallest absolute Gasteiger partial charge is 0.173 e. The second-order valence-corrected chi connectivity index (χ2v) is 7.30. The molecule has 0 radical (unpaired) electrons. The van der Waals surface area contributed by atoms with Crippen molar-refractivity contribution in [1.82, 2.24) is 0 Å². The summed E-state index contributed by atoms with van der Waals surface area (Å²) in [6.07, 6.45) is 0. The maximum Gasteiger partial charge on any atom is 0.173 e. The predicted octanol–water partition coefficient (Wildman–Crippen LogP) is 5.62. The van der Waals surface area contributed by atoms with Crippen LogP contribution in [0.25, 0.3) is 0 Å². The molecular formula is C26H34O6. The fraction of sp³-hybridized carbons (Fsp3) is 0.462. The van der Waals surface area contributed by atoms with Gasteiger partial charge in [-0.3, -0.25) is 9.59 Å². The molecule has 0 bridgehead atoms. The molecule has 0 saturated carbocycles. The lowest BCUT2D eigenvalue weighted by Crippen LogP contribution is -2.27. The second kappa shape index (κ2) is 12.1. The van der Waals surface area contributed by atoms with Crippen LogP contribution in [0.4, 0.5) is 0 Å². The van der Waals surface area contributed by atoms with Crippen LogP contribution in [0.5, 0.6) is 23.0 Å². The molecule has 6 nitrogen and oxygen atoms in total. The Hall–Kier alpha value is -3.02. The summed E-state index contributed by atoms with van der Waals surface area (Å²) in [6.45, 7) is 12.6. The van der Waals surface area contributed by atoms with Crippen molar-refractivity contribution in [1.29, 1.82) is 0 Å². The Bertz CT molecular complexity index is 797. The Kier molecular flexibility index (Phi) is 9.57. The van der Waals surface area contributed by atoms with Crippen LogP contribution in [0, 0.1) is 11.8 Å². The van der Waals surface area contributed by atoms with Crippen LogP contribution in [0.15, 0.2) is 36.4 Å². The molecule has 0 N–H and O–H groups in total. The maximum absolute atomic E-state index is 13.6. The average molecular weight is 443 g/mol. The largest absolute Gasteiger partial charge is 0.493 e. The lowest BCUT2D eigenvalue weighted by atomic mass is 9.82. The fourth-order valence-corrected chi connectivity index (χ4v) is 3.52. The zero-order valence-corrected chi connectivity index (χ0v) is 19.9. The van der Waals surface area contributed by atoms with E-state index >= 15 is 0 Å². The number of carbonyl (C=O) groups is 2. The minimum Gasteiger partial charge on any atom is -0.493 e. The van der Waals surface area contributed by atoms with Gasteiger partial charge in [-0.25, -0.2) is 0 Å². The van der Waals surface area contributed by atoms with Crippen molar-refractivity contribution < 1.29 is 28.5 Å². The van der Waals surface area contributed by atoms with Gasteiger partial charge in [-0.05, 0) is 52.0 Å². The van der Waals surface area contributed by atoms with Crippen molar-refractivity contribution in [2.75, 3.05) is 26.4 Å². The van der Waals surface area contributed by atoms with Crippen molar-refractivity contribution in [3.8, 4) is 23.0 Å². The number of rotatable bonds is 13. The van der Waals surface area contributed by atoms with E-state index in [0.717, 1.165) is 0 Å². The molecule has 0 aliphatic heterocycles. The topological polar surface area (TPSA) is 71.1 Å². The van der Waals surface area contributed by atoms with Crippen molar-refractivity contribution >= 4 is 11.6 Å². The summed E-state index contributed by atoms with van der Waals surface area (Å²) >= 11 is 0. The van der Waals surface area contributed by atoms with E-state index in [2.05, 4.69) is 0 Å². The number of ketones is 2. The minimum atomic E-state index is -0.618. The van der Waals surface area contributed by atoms with E-state index in [9.17, 15) is 9.59 Å². The molecule has 0 spiro atoms. The van der Waals surface area contributed by atoms with Crippen LogP contribution >= 0.6 is 0 Å². The number of benzene rings is 2. The van der Waals surface area contributed by atoms with E-state index in [0.29, 0.717) is 60.6 Å². The SMILES string of the molecule is CCOc1cccc(OCC)c1C(=O)C(C)C(C)C(=O)c1c(OCC)cccc1OCC. The molecule has 2 aromatic carbocycles. The summed E-state index contributed by atoms with van der Waals surface area (Å²) in [4.78, 5) is 27.1. The fourth-order valence-electron chi connectivity index (χ4n) is 3.52. The van der Waals surface area contributed by atoms with E-state index in [1.807, 2.05) is 27.7 Å².